The van der Waals surface area contributed by atoms with Gasteiger partial charge in [-0.3, -0.25) is 5.10 Å². The number of nitrogens with zero attached hydrogens (tertiary/aromatic N) is 2. The smallest absolute Gasteiger partial charge is 0.0971 e. The molecule has 2 aromatic rings. The molecule has 19 heavy (non-hydrogen) atoms. The highest BCUT2D eigenvalue weighted by Gasteiger charge is 2.30. The first-order chi connectivity index (χ1) is 9.43. The van der Waals surface area contributed by atoms with Crippen LogP contribution in [-0.4, -0.2) is 23.3 Å². The summed E-state index contributed by atoms with van der Waals surface area (Å²) in [5, 5.41) is 10.5. The van der Waals surface area contributed by atoms with E-state index in [0.717, 1.165) is 18.7 Å². The average Bonchev–Trinajstić information content (AvgIpc) is 2.95. The van der Waals surface area contributed by atoms with E-state index in [1.807, 2.05) is 6.20 Å². The van der Waals surface area contributed by atoms with Crippen molar-refractivity contribution in [2.75, 3.05) is 18.0 Å². The second-order valence-electron chi connectivity index (χ2n) is 5.14. The maximum atomic E-state index is 4.15. The summed E-state index contributed by atoms with van der Waals surface area (Å²) in [5.74, 6) is 0. The number of aromatic amines is 1. The third-order valence-corrected chi connectivity index (χ3v) is 4.04. The quantitative estimate of drug-likeness (QED) is 0.814. The molecule has 0 saturated carbocycles. The summed E-state index contributed by atoms with van der Waals surface area (Å²) in [7, 11) is 0. The lowest BCUT2D eigenvalue weighted by Crippen LogP contribution is -2.41. The lowest BCUT2D eigenvalue weighted by molar-refractivity contribution is 0.527. The number of hydrogen-bond donors (Lipinski definition) is 2. The molecule has 1 aromatic carbocycles. The highest BCUT2D eigenvalue weighted by molar-refractivity contribution is 5.57. The minimum Gasteiger partial charge on any atom is -0.361 e. The van der Waals surface area contributed by atoms with Crippen molar-refractivity contribution >= 4 is 5.69 Å². The van der Waals surface area contributed by atoms with E-state index in [1.165, 1.54) is 29.8 Å². The van der Waals surface area contributed by atoms with Crippen LogP contribution in [0.25, 0.3) is 0 Å². The topological polar surface area (TPSA) is 44.0 Å². The van der Waals surface area contributed by atoms with Gasteiger partial charge in [0, 0.05) is 24.3 Å². The first-order valence-electron chi connectivity index (χ1n) is 6.80. The summed E-state index contributed by atoms with van der Waals surface area (Å²) >= 11 is 0. The van der Waals surface area contributed by atoms with E-state index in [9.17, 15) is 0 Å². The van der Waals surface area contributed by atoms with Gasteiger partial charge in [-0.05, 0) is 24.5 Å². The summed E-state index contributed by atoms with van der Waals surface area (Å²) < 4.78 is 0. The number of aryl methyl sites for hydroxylation is 1. The Hall–Kier alpha value is -1.81. The summed E-state index contributed by atoms with van der Waals surface area (Å²) in [6.07, 6.45) is 4.23. The molecule has 4 nitrogen and oxygen atoms in total. The molecule has 2 aliphatic heterocycles. The monoisotopic (exact) mass is 252 g/mol. The van der Waals surface area contributed by atoms with Crippen molar-refractivity contribution < 1.29 is 0 Å². The maximum Gasteiger partial charge on any atom is 0.0971 e. The number of rotatable bonds is 1. The molecule has 1 unspecified atom stereocenters. The zero-order valence-corrected chi connectivity index (χ0v) is 10.7. The van der Waals surface area contributed by atoms with E-state index in [0.29, 0.717) is 6.04 Å². The van der Waals surface area contributed by atoms with Gasteiger partial charge in [0.2, 0.25) is 0 Å². The Balaban J connectivity index is 1.76. The number of H-pyrrole nitrogens is 1. The molecule has 2 aliphatic rings. The molecular weight excluding hydrogens is 236 g/mol. The molecule has 96 valence electrons. The van der Waals surface area contributed by atoms with E-state index in [2.05, 4.69) is 51.2 Å². The van der Waals surface area contributed by atoms with E-state index in [4.69, 9.17) is 0 Å². The van der Waals surface area contributed by atoms with Gasteiger partial charge >= 0.3 is 0 Å². The molecule has 0 spiro atoms. The number of benzene rings is 1. The highest BCUT2D eigenvalue weighted by Crippen LogP contribution is 2.35. The molecule has 0 saturated heterocycles. The predicted octanol–water partition coefficient (Wildman–Crippen LogP) is 1.89. The van der Waals surface area contributed by atoms with Crippen LogP contribution in [0.5, 0.6) is 0 Å². The number of anilines is 1. The van der Waals surface area contributed by atoms with Crippen LogP contribution >= 0.6 is 0 Å². The maximum absolute atomic E-state index is 4.15. The normalized spacial score (nSPS) is 21.9. The van der Waals surface area contributed by atoms with E-state index in [1.54, 1.807) is 0 Å². The number of fused-ring (bicyclic) bond motifs is 2. The molecule has 2 N–H and O–H groups in total. The number of nitrogens with one attached hydrogen (secondary N) is 2. The molecule has 4 heteroatoms. The van der Waals surface area contributed by atoms with Gasteiger partial charge in [0.15, 0.2) is 0 Å². The van der Waals surface area contributed by atoms with Crippen LogP contribution in [-0.2, 0) is 6.42 Å². The zero-order chi connectivity index (χ0) is 12.7. The average molecular weight is 252 g/mol. The third kappa shape index (κ3) is 1.75. The number of aromatic nitrogens is 2. The fraction of sp³-hybridized carbons (Fsp3) is 0.333. The van der Waals surface area contributed by atoms with Gasteiger partial charge in [0.05, 0.1) is 24.5 Å². The Bertz CT molecular complexity index is 589. The second kappa shape index (κ2) is 4.38. The number of hydrogen-bond acceptors (Lipinski definition) is 3. The summed E-state index contributed by atoms with van der Waals surface area (Å²) in [5.41, 5.74) is 5.05. The van der Waals surface area contributed by atoms with Gasteiger partial charge in [-0.15, -0.1) is 0 Å². The molecule has 0 amide bonds. The summed E-state index contributed by atoms with van der Waals surface area (Å²) in [6.45, 7) is 5.14. The first kappa shape index (κ1) is 11.1. The van der Waals surface area contributed by atoms with Gasteiger partial charge in [-0.2, -0.15) is 5.10 Å². The van der Waals surface area contributed by atoms with Crippen LogP contribution < -0.4 is 10.2 Å². The van der Waals surface area contributed by atoms with E-state index in [-0.39, 0.29) is 0 Å². The van der Waals surface area contributed by atoms with Crippen molar-refractivity contribution in [1.29, 1.82) is 0 Å². The van der Waals surface area contributed by atoms with Gasteiger partial charge in [-0.1, -0.05) is 18.2 Å². The van der Waals surface area contributed by atoms with Crippen molar-refractivity contribution in [2.24, 2.45) is 0 Å². The third-order valence-electron chi connectivity index (χ3n) is 4.04. The Labute approximate surface area is 112 Å². The summed E-state index contributed by atoms with van der Waals surface area (Å²) in [4.78, 5) is 2.49. The lowest BCUT2D eigenvalue weighted by atomic mass is 9.96. The SMILES string of the molecule is [C]1NCC(N2CCCc3ccccc32)c2[nH]ncc21. The molecule has 1 atom stereocenters. The molecule has 3 heterocycles. The van der Waals surface area contributed by atoms with Crippen LogP contribution in [0.3, 0.4) is 0 Å². The van der Waals surface area contributed by atoms with Crippen LogP contribution in [0.4, 0.5) is 5.69 Å². The minimum atomic E-state index is 0.320. The predicted molar refractivity (Wildman–Crippen MR) is 73.8 cm³/mol. The fourth-order valence-electron chi connectivity index (χ4n) is 3.15. The van der Waals surface area contributed by atoms with Crippen molar-refractivity contribution in [2.45, 2.75) is 18.9 Å². The van der Waals surface area contributed by atoms with E-state index < -0.39 is 0 Å². The van der Waals surface area contributed by atoms with Gasteiger partial charge in [0.25, 0.3) is 0 Å². The minimum absolute atomic E-state index is 0.320. The molecule has 0 bridgehead atoms. The molecule has 1 aromatic heterocycles. The molecule has 0 aliphatic carbocycles. The van der Waals surface area contributed by atoms with Gasteiger partial charge in [0.1, 0.15) is 0 Å². The van der Waals surface area contributed by atoms with Crippen molar-refractivity contribution in [3.05, 3.63) is 53.8 Å². The lowest BCUT2D eigenvalue weighted by Gasteiger charge is -2.39. The fourth-order valence-corrected chi connectivity index (χ4v) is 3.15. The van der Waals surface area contributed by atoms with Crippen molar-refractivity contribution in [3.8, 4) is 0 Å². The Kier molecular flexibility index (Phi) is 2.55. The molecule has 2 radical (unpaired) electrons. The zero-order valence-electron chi connectivity index (χ0n) is 10.7. The van der Waals surface area contributed by atoms with Crippen molar-refractivity contribution in [3.63, 3.8) is 0 Å². The standard InChI is InChI=1S/C15H16N4/c1-2-6-13-11(4-1)5-3-7-19(13)14-10-16-8-12-9-17-18-15(12)14/h1-2,4,6,9,14,16H,3,5,7,10H2,(H,17,18). The molecule has 0 fully saturated rings. The van der Waals surface area contributed by atoms with Gasteiger partial charge < -0.3 is 10.2 Å². The largest absolute Gasteiger partial charge is 0.361 e. The molecule has 4 rings (SSSR count). The van der Waals surface area contributed by atoms with Crippen molar-refractivity contribution in [1.82, 2.24) is 15.5 Å². The first-order valence-corrected chi connectivity index (χ1v) is 6.80. The highest BCUT2D eigenvalue weighted by atomic mass is 15.2. The van der Waals surface area contributed by atoms with Crippen LogP contribution in [0.1, 0.15) is 29.3 Å². The van der Waals surface area contributed by atoms with Crippen LogP contribution in [0.2, 0.25) is 0 Å². The Morgan fingerprint density at radius 3 is 3.26 bits per heavy atom. The van der Waals surface area contributed by atoms with Gasteiger partial charge in [-0.25, -0.2) is 0 Å². The Morgan fingerprint density at radius 2 is 2.26 bits per heavy atom. The number of para-hydroxylation sites is 1. The van der Waals surface area contributed by atoms with Crippen LogP contribution in [0.15, 0.2) is 30.5 Å². The molecular formula is C15H16N4. The van der Waals surface area contributed by atoms with Crippen LogP contribution in [0, 0.1) is 6.54 Å². The second-order valence-corrected chi connectivity index (χ2v) is 5.14. The summed E-state index contributed by atoms with van der Waals surface area (Å²) in [6, 6.07) is 9.04. The van der Waals surface area contributed by atoms with E-state index >= 15 is 0 Å². The Morgan fingerprint density at radius 1 is 1.32 bits per heavy atom.